The summed E-state index contributed by atoms with van der Waals surface area (Å²) in [6.45, 7) is 7.46. The lowest BCUT2D eigenvalue weighted by Crippen LogP contribution is -2.37. The first-order valence-electron chi connectivity index (χ1n) is 7.06. The Morgan fingerprint density at radius 3 is 2.36 bits per heavy atom. The van der Waals surface area contributed by atoms with Gasteiger partial charge in [-0.2, -0.15) is 0 Å². The van der Waals surface area contributed by atoms with Crippen molar-refractivity contribution in [2.24, 2.45) is 0 Å². The third kappa shape index (κ3) is 5.18. The highest BCUT2D eigenvalue weighted by Gasteiger charge is 2.23. The van der Waals surface area contributed by atoms with Gasteiger partial charge in [0.15, 0.2) is 0 Å². The molecule has 0 radical (unpaired) electrons. The van der Waals surface area contributed by atoms with Gasteiger partial charge in [-0.3, -0.25) is 9.10 Å². The molecule has 0 bridgehead atoms. The molecule has 0 aliphatic rings. The van der Waals surface area contributed by atoms with Crippen LogP contribution >= 0.6 is 11.6 Å². The van der Waals surface area contributed by atoms with Crippen molar-refractivity contribution >= 4 is 33.2 Å². The Bertz CT molecular complexity index is 634. The highest BCUT2D eigenvalue weighted by Crippen LogP contribution is 2.32. The molecule has 1 aromatic rings. The van der Waals surface area contributed by atoms with Crippen LogP contribution in [0.5, 0.6) is 0 Å². The molecule has 0 aliphatic carbocycles. The van der Waals surface area contributed by atoms with E-state index >= 15 is 0 Å². The molecule has 5 nitrogen and oxygen atoms in total. The van der Waals surface area contributed by atoms with E-state index in [0.717, 1.165) is 17.4 Å². The van der Waals surface area contributed by atoms with Gasteiger partial charge < -0.3 is 5.32 Å². The molecule has 0 unspecified atom stereocenters. The maximum absolute atomic E-state index is 12.1. The van der Waals surface area contributed by atoms with Gasteiger partial charge in [0.25, 0.3) is 0 Å². The van der Waals surface area contributed by atoms with Gasteiger partial charge in [-0.25, -0.2) is 8.42 Å². The Labute approximate surface area is 137 Å². The minimum Gasteiger partial charge on any atom is -0.354 e. The summed E-state index contributed by atoms with van der Waals surface area (Å²) in [5.41, 5.74) is 2.16. The van der Waals surface area contributed by atoms with Crippen LogP contribution in [0.3, 0.4) is 0 Å². The molecule has 1 N–H and O–H groups in total. The zero-order valence-corrected chi connectivity index (χ0v) is 15.2. The van der Waals surface area contributed by atoms with E-state index in [9.17, 15) is 13.2 Å². The van der Waals surface area contributed by atoms with E-state index in [1.54, 1.807) is 13.0 Å². The summed E-state index contributed by atoms with van der Waals surface area (Å²) in [4.78, 5) is 11.8. The van der Waals surface area contributed by atoms with Gasteiger partial charge in [0, 0.05) is 19.0 Å². The molecular weight excluding hydrogens is 324 g/mol. The number of rotatable bonds is 6. The summed E-state index contributed by atoms with van der Waals surface area (Å²) in [7, 11) is -3.53. The topological polar surface area (TPSA) is 66.5 Å². The minimum absolute atomic E-state index is 0.0175. The van der Waals surface area contributed by atoms with Crippen LogP contribution in [0.15, 0.2) is 12.1 Å². The lowest BCUT2D eigenvalue weighted by Gasteiger charge is -2.25. The SMILES string of the molecule is Cc1cc(C)c(N(CCC(=O)NC(C)C)S(C)(=O)=O)c(Cl)c1. The number of hydrogen-bond acceptors (Lipinski definition) is 3. The molecule has 7 heteroatoms. The number of amides is 1. The largest absolute Gasteiger partial charge is 0.354 e. The van der Waals surface area contributed by atoms with Crippen molar-refractivity contribution in [1.29, 1.82) is 0 Å². The minimum atomic E-state index is -3.53. The van der Waals surface area contributed by atoms with Crippen molar-refractivity contribution in [3.8, 4) is 0 Å². The first kappa shape index (κ1) is 18.8. The summed E-state index contributed by atoms with van der Waals surface area (Å²) in [6, 6.07) is 3.60. The number of anilines is 1. The van der Waals surface area contributed by atoms with E-state index in [1.165, 1.54) is 4.31 Å². The maximum Gasteiger partial charge on any atom is 0.232 e. The third-order valence-electron chi connectivity index (χ3n) is 3.04. The number of carbonyl (C=O) groups excluding carboxylic acids is 1. The molecule has 1 rings (SSSR count). The standard InChI is InChI=1S/C15H23ClN2O3S/c1-10(2)17-14(19)6-7-18(22(5,20)21)15-12(4)8-11(3)9-13(15)16/h8-10H,6-7H2,1-5H3,(H,17,19). The van der Waals surface area contributed by atoms with Crippen LogP contribution in [-0.2, 0) is 14.8 Å². The predicted octanol–water partition coefficient (Wildman–Crippen LogP) is 2.64. The number of benzene rings is 1. The maximum atomic E-state index is 12.1. The van der Waals surface area contributed by atoms with E-state index in [-0.39, 0.29) is 24.9 Å². The van der Waals surface area contributed by atoms with Crippen LogP contribution in [0.1, 0.15) is 31.4 Å². The molecule has 0 aliphatic heterocycles. The van der Waals surface area contributed by atoms with Gasteiger partial charge in [-0.05, 0) is 44.9 Å². The number of halogens is 1. The molecule has 1 amide bonds. The quantitative estimate of drug-likeness (QED) is 0.861. The van der Waals surface area contributed by atoms with Crippen molar-refractivity contribution in [3.05, 3.63) is 28.3 Å². The molecule has 0 saturated heterocycles. The fourth-order valence-electron chi connectivity index (χ4n) is 2.26. The van der Waals surface area contributed by atoms with Gasteiger partial charge in [-0.1, -0.05) is 17.7 Å². The summed E-state index contributed by atoms with van der Waals surface area (Å²) >= 11 is 6.23. The monoisotopic (exact) mass is 346 g/mol. The molecule has 0 heterocycles. The van der Waals surface area contributed by atoms with Crippen LogP contribution in [0, 0.1) is 13.8 Å². The lowest BCUT2D eigenvalue weighted by atomic mass is 10.1. The Morgan fingerprint density at radius 1 is 1.32 bits per heavy atom. The van der Waals surface area contributed by atoms with Crippen molar-refractivity contribution in [2.75, 3.05) is 17.1 Å². The molecule has 0 fully saturated rings. The second kappa shape index (κ2) is 7.33. The Kier molecular flexibility index (Phi) is 6.26. The van der Waals surface area contributed by atoms with E-state index < -0.39 is 10.0 Å². The van der Waals surface area contributed by atoms with Crippen LogP contribution < -0.4 is 9.62 Å². The van der Waals surface area contributed by atoms with Gasteiger partial charge in [0.2, 0.25) is 15.9 Å². The highest BCUT2D eigenvalue weighted by atomic mass is 35.5. The summed E-state index contributed by atoms with van der Waals surface area (Å²) < 4.78 is 25.4. The number of hydrogen-bond donors (Lipinski definition) is 1. The average molecular weight is 347 g/mol. The van der Waals surface area contributed by atoms with Crippen LogP contribution in [0.25, 0.3) is 0 Å². The van der Waals surface area contributed by atoms with Gasteiger partial charge >= 0.3 is 0 Å². The number of sulfonamides is 1. The fraction of sp³-hybridized carbons (Fsp3) is 0.533. The normalized spacial score (nSPS) is 11.6. The fourth-order valence-corrected chi connectivity index (χ4v) is 3.73. The van der Waals surface area contributed by atoms with Crippen LogP contribution in [0.2, 0.25) is 5.02 Å². The molecule has 22 heavy (non-hydrogen) atoms. The molecule has 1 aromatic carbocycles. The average Bonchev–Trinajstić information content (AvgIpc) is 2.29. The van der Waals surface area contributed by atoms with E-state index in [2.05, 4.69) is 5.32 Å². The van der Waals surface area contributed by atoms with E-state index in [0.29, 0.717) is 10.7 Å². The molecular formula is C15H23ClN2O3S. The second-order valence-electron chi connectivity index (χ2n) is 5.72. The molecule has 0 atom stereocenters. The van der Waals surface area contributed by atoms with Crippen molar-refractivity contribution in [1.82, 2.24) is 5.32 Å². The zero-order chi connectivity index (χ0) is 17.1. The number of nitrogens with zero attached hydrogens (tertiary/aromatic N) is 1. The van der Waals surface area contributed by atoms with Gasteiger partial charge in [0.05, 0.1) is 17.0 Å². The number of carbonyl (C=O) groups is 1. The Hall–Kier alpha value is -1.27. The van der Waals surface area contributed by atoms with Crippen molar-refractivity contribution in [3.63, 3.8) is 0 Å². The van der Waals surface area contributed by atoms with Crippen LogP contribution in [0.4, 0.5) is 5.69 Å². The smallest absolute Gasteiger partial charge is 0.232 e. The van der Waals surface area contributed by atoms with Crippen molar-refractivity contribution < 1.29 is 13.2 Å². The summed E-state index contributed by atoms with van der Waals surface area (Å²) in [6.07, 6.45) is 1.19. The van der Waals surface area contributed by atoms with E-state index in [4.69, 9.17) is 11.6 Å². The Morgan fingerprint density at radius 2 is 1.91 bits per heavy atom. The molecule has 0 saturated carbocycles. The van der Waals surface area contributed by atoms with Gasteiger partial charge in [-0.15, -0.1) is 0 Å². The zero-order valence-electron chi connectivity index (χ0n) is 13.6. The van der Waals surface area contributed by atoms with Crippen molar-refractivity contribution in [2.45, 2.75) is 40.2 Å². The summed E-state index contributed by atoms with van der Waals surface area (Å²) in [5, 5.41) is 3.11. The van der Waals surface area contributed by atoms with E-state index in [1.807, 2.05) is 26.8 Å². The molecule has 124 valence electrons. The number of aryl methyl sites for hydroxylation is 2. The Balaban J connectivity index is 3.09. The number of nitrogens with one attached hydrogen (secondary N) is 1. The third-order valence-corrected chi connectivity index (χ3v) is 4.49. The lowest BCUT2D eigenvalue weighted by molar-refractivity contribution is -0.121. The predicted molar refractivity (Wildman–Crippen MR) is 91.0 cm³/mol. The highest BCUT2D eigenvalue weighted by molar-refractivity contribution is 7.92. The first-order valence-corrected chi connectivity index (χ1v) is 9.29. The second-order valence-corrected chi connectivity index (χ2v) is 8.03. The molecule has 0 aromatic heterocycles. The first-order chi connectivity index (χ1) is 10.0. The van der Waals surface area contributed by atoms with Gasteiger partial charge in [0.1, 0.15) is 0 Å². The van der Waals surface area contributed by atoms with Crippen LogP contribution in [-0.4, -0.2) is 33.2 Å². The summed E-state index contributed by atoms with van der Waals surface area (Å²) in [5.74, 6) is -0.190. The molecule has 0 spiro atoms.